The summed E-state index contributed by atoms with van der Waals surface area (Å²) in [5.74, 6) is -0.205. The average molecular weight is 207 g/mol. The summed E-state index contributed by atoms with van der Waals surface area (Å²) in [6, 6.07) is 0. The topological polar surface area (TPSA) is 46.5 Å². The number of ether oxygens (including phenoxy) is 1. The number of aliphatic carboxylic acids is 1. The fourth-order valence-corrected chi connectivity index (χ4v) is 1.38. The second kappa shape index (κ2) is 5.45. The van der Waals surface area contributed by atoms with Crippen LogP contribution in [-0.4, -0.2) is 29.7 Å². The van der Waals surface area contributed by atoms with Crippen LogP contribution in [0.4, 0.5) is 0 Å². The molecule has 3 nitrogen and oxygen atoms in total. The van der Waals surface area contributed by atoms with E-state index in [0.29, 0.717) is 6.61 Å². The van der Waals surface area contributed by atoms with Crippen LogP contribution in [0.1, 0.15) is 25.7 Å². The summed E-state index contributed by atoms with van der Waals surface area (Å²) in [5, 5.41) is 7.53. The summed E-state index contributed by atoms with van der Waals surface area (Å²) in [6.45, 7) is 0.755. The molecule has 1 unspecified atom stereocenters. The first kappa shape index (κ1) is 10.8. The summed E-state index contributed by atoms with van der Waals surface area (Å²) in [6.07, 6.45) is 4.97. The van der Waals surface area contributed by atoms with E-state index in [4.69, 9.17) is 21.4 Å². The van der Waals surface area contributed by atoms with E-state index in [9.17, 15) is 4.79 Å². The largest absolute Gasteiger partial charge is 0.480 e. The second-order valence-electron chi connectivity index (χ2n) is 3.47. The Balaban J connectivity index is 1.90. The molecule has 1 aliphatic carbocycles. The van der Waals surface area contributed by atoms with Crippen LogP contribution in [0, 0.1) is 5.92 Å². The minimum Gasteiger partial charge on any atom is -0.480 e. The van der Waals surface area contributed by atoms with E-state index in [1.165, 1.54) is 19.3 Å². The summed E-state index contributed by atoms with van der Waals surface area (Å²) < 4.78 is 5.15. The van der Waals surface area contributed by atoms with Crippen LogP contribution >= 0.6 is 11.6 Å². The van der Waals surface area contributed by atoms with Crippen LogP contribution in [-0.2, 0) is 9.53 Å². The fraction of sp³-hybridized carbons (Fsp3) is 0.889. The highest BCUT2D eigenvalue weighted by molar-refractivity contribution is 6.29. The van der Waals surface area contributed by atoms with Gasteiger partial charge in [-0.25, -0.2) is 0 Å². The Bertz CT molecular complexity index is 168. The number of carbonyl (C=O) groups is 1. The predicted molar refractivity (Wildman–Crippen MR) is 50.1 cm³/mol. The lowest BCUT2D eigenvalue weighted by Gasteiger charge is -2.24. The Morgan fingerprint density at radius 2 is 2.31 bits per heavy atom. The molecule has 0 radical (unpaired) electrons. The summed E-state index contributed by atoms with van der Waals surface area (Å²) in [4.78, 5) is 10.3. The monoisotopic (exact) mass is 206 g/mol. The molecule has 0 aromatic carbocycles. The smallest absolute Gasteiger partial charge is 0.324 e. The highest BCUT2D eigenvalue weighted by atomic mass is 35.5. The predicted octanol–water partition coefficient (Wildman–Crippen LogP) is 1.89. The van der Waals surface area contributed by atoms with Gasteiger partial charge in [-0.1, -0.05) is 19.3 Å². The molecule has 4 heteroatoms. The van der Waals surface area contributed by atoms with Gasteiger partial charge in [0, 0.05) is 6.61 Å². The number of halogens is 1. The van der Waals surface area contributed by atoms with Gasteiger partial charge in [-0.2, -0.15) is 0 Å². The molecule has 0 aliphatic heterocycles. The van der Waals surface area contributed by atoms with Gasteiger partial charge in [-0.3, -0.25) is 4.79 Å². The Labute approximate surface area is 83.0 Å². The van der Waals surface area contributed by atoms with Crippen LogP contribution in [0.5, 0.6) is 0 Å². The third kappa shape index (κ3) is 3.96. The Morgan fingerprint density at radius 3 is 2.77 bits per heavy atom. The van der Waals surface area contributed by atoms with Crippen LogP contribution in [0.25, 0.3) is 0 Å². The van der Waals surface area contributed by atoms with Crippen molar-refractivity contribution in [2.75, 3.05) is 13.2 Å². The number of carboxylic acid groups (broad SMARTS) is 1. The lowest BCUT2D eigenvalue weighted by atomic mass is 9.83. The van der Waals surface area contributed by atoms with E-state index < -0.39 is 11.3 Å². The first-order valence-electron chi connectivity index (χ1n) is 4.64. The summed E-state index contributed by atoms with van der Waals surface area (Å²) in [5.41, 5.74) is 0. The van der Waals surface area contributed by atoms with E-state index in [1.54, 1.807) is 0 Å². The zero-order valence-electron chi connectivity index (χ0n) is 7.54. The van der Waals surface area contributed by atoms with Gasteiger partial charge in [0.05, 0.1) is 6.61 Å². The van der Waals surface area contributed by atoms with Crippen LogP contribution in [0.15, 0.2) is 0 Å². The van der Waals surface area contributed by atoms with E-state index >= 15 is 0 Å². The van der Waals surface area contributed by atoms with Crippen molar-refractivity contribution in [3.8, 4) is 0 Å². The molecule has 0 bridgehead atoms. The summed E-state index contributed by atoms with van der Waals surface area (Å²) in [7, 11) is 0. The SMILES string of the molecule is O=C(O)C(Cl)COCCC1CCC1. The van der Waals surface area contributed by atoms with E-state index in [2.05, 4.69) is 0 Å². The molecule has 0 amide bonds. The first-order valence-corrected chi connectivity index (χ1v) is 5.08. The quantitative estimate of drug-likeness (QED) is 0.533. The van der Waals surface area contributed by atoms with Gasteiger partial charge >= 0.3 is 5.97 Å². The molecule has 1 rings (SSSR count). The molecule has 1 aliphatic rings. The molecule has 0 spiro atoms. The van der Waals surface area contributed by atoms with Crippen molar-refractivity contribution >= 4 is 17.6 Å². The van der Waals surface area contributed by atoms with Crippen molar-refractivity contribution < 1.29 is 14.6 Å². The number of carboxylic acids is 1. The van der Waals surface area contributed by atoms with E-state index in [-0.39, 0.29) is 6.61 Å². The maximum Gasteiger partial charge on any atom is 0.324 e. The Morgan fingerprint density at radius 1 is 1.62 bits per heavy atom. The van der Waals surface area contributed by atoms with E-state index in [0.717, 1.165) is 12.3 Å². The second-order valence-corrected chi connectivity index (χ2v) is 3.99. The lowest BCUT2D eigenvalue weighted by Crippen LogP contribution is -2.21. The number of hydrogen-bond acceptors (Lipinski definition) is 2. The molecule has 13 heavy (non-hydrogen) atoms. The zero-order valence-corrected chi connectivity index (χ0v) is 8.29. The van der Waals surface area contributed by atoms with Gasteiger partial charge in [0.15, 0.2) is 5.38 Å². The van der Waals surface area contributed by atoms with Crippen molar-refractivity contribution in [3.63, 3.8) is 0 Å². The minimum absolute atomic E-state index is 0.115. The molecular formula is C9H15ClO3. The van der Waals surface area contributed by atoms with Gasteiger partial charge in [-0.15, -0.1) is 11.6 Å². The van der Waals surface area contributed by atoms with Crippen molar-refractivity contribution in [1.82, 2.24) is 0 Å². The zero-order chi connectivity index (χ0) is 9.68. The molecule has 1 fully saturated rings. The molecule has 1 atom stereocenters. The third-order valence-electron chi connectivity index (χ3n) is 2.43. The van der Waals surface area contributed by atoms with Gasteiger partial charge in [-0.05, 0) is 12.3 Å². The van der Waals surface area contributed by atoms with Crippen LogP contribution in [0.3, 0.4) is 0 Å². The lowest BCUT2D eigenvalue weighted by molar-refractivity contribution is -0.137. The minimum atomic E-state index is -1.01. The Hall–Kier alpha value is -0.280. The molecule has 0 heterocycles. The normalized spacial score (nSPS) is 19.5. The molecule has 76 valence electrons. The average Bonchev–Trinajstić information content (AvgIpc) is 2.00. The number of hydrogen-bond donors (Lipinski definition) is 1. The van der Waals surface area contributed by atoms with Gasteiger partial charge in [0.1, 0.15) is 0 Å². The van der Waals surface area contributed by atoms with E-state index in [1.807, 2.05) is 0 Å². The van der Waals surface area contributed by atoms with Crippen molar-refractivity contribution in [2.45, 2.75) is 31.1 Å². The van der Waals surface area contributed by atoms with Crippen LogP contribution < -0.4 is 0 Å². The third-order valence-corrected chi connectivity index (χ3v) is 2.74. The summed E-state index contributed by atoms with van der Waals surface area (Å²) >= 11 is 5.45. The molecule has 0 aromatic heterocycles. The maximum atomic E-state index is 10.3. The van der Waals surface area contributed by atoms with Gasteiger partial charge < -0.3 is 9.84 Å². The molecule has 0 aromatic rings. The molecular weight excluding hydrogens is 192 g/mol. The fourth-order valence-electron chi connectivity index (χ4n) is 1.29. The standard InChI is InChI=1S/C9H15ClO3/c10-8(9(11)12)6-13-5-4-7-2-1-3-7/h7-8H,1-6H2,(H,11,12). The first-order chi connectivity index (χ1) is 6.20. The number of alkyl halides is 1. The van der Waals surface area contributed by atoms with Gasteiger partial charge in [0.25, 0.3) is 0 Å². The van der Waals surface area contributed by atoms with Crippen molar-refractivity contribution in [3.05, 3.63) is 0 Å². The maximum absolute atomic E-state index is 10.3. The molecule has 1 N–H and O–H groups in total. The van der Waals surface area contributed by atoms with Crippen molar-refractivity contribution in [1.29, 1.82) is 0 Å². The number of rotatable bonds is 6. The molecule has 0 saturated heterocycles. The highest BCUT2D eigenvalue weighted by Crippen LogP contribution is 2.29. The van der Waals surface area contributed by atoms with Crippen LogP contribution in [0.2, 0.25) is 0 Å². The van der Waals surface area contributed by atoms with Crippen molar-refractivity contribution in [2.24, 2.45) is 5.92 Å². The Kier molecular flexibility index (Phi) is 4.53. The highest BCUT2D eigenvalue weighted by Gasteiger charge is 2.17. The van der Waals surface area contributed by atoms with Gasteiger partial charge in [0.2, 0.25) is 0 Å². The molecule has 1 saturated carbocycles.